The number of nitrogens with one attached hydrogen (secondary N) is 1. The smallest absolute Gasteiger partial charge is 0.280 e. The van der Waals surface area contributed by atoms with Crippen molar-refractivity contribution in [3.05, 3.63) is 41.4 Å². The molecule has 1 aliphatic heterocycles. The van der Waals surface area contributed by atoms with Gasteiger partial charge in [0.1, 0.15) is 27.7 Å². The molecule has 0 saturated heterocycles. The molecule has 1 N–H and O–H groups in total. The van der Waals surface area contributed by atoms with Crippen LogP contribution in [-0.2, 0) is 21.2 Å². The highest BCUT2D eigenvalue weighted by Crippen LogP contribution is 2.27. The minimum absolute atomic E-state index is 0.0859. The number of fused-ring (bicyclic) bond motifs is 1. The van der Waals surface area contributed by atoms with Crippen LogP contribution in [0.2, 0.25) is 0 Å². The molecule has 1 aromatic rings. The Balaban J connectivity index is 1.64. The first-order valence-corrected chi connectivity index (χ1v) is 9.52. The lowest BCUT2D eigenvalue weighted by Gasteiger charge is -2.14. The fourth-order valence-electron chi connectivity index (χ4n) is 2.41. The molecule has 0 aromatic carbocycles. The highest BCUT2D eigenvalue weighted by Gasteiger charge is 2.22. The highest BCUT2D eigenvalue weighted by atomic mass is 32.2. The highest BCUT2D eigenvalue weighted by molar-refractivity contribution is 7.90. The first-order chi connectivity index (χ1) is 11.4. The predicted octanol–water partition coefficient (Wildman–Crippen LogP) is 1.14. The van der Waals surface area contributed by atoms with Crippen molar-refractivity contribution in [1.29, 1.82) is 0 Å². The van der Waals surface area contributed by atoms with E-state index in [-0.39, 0.29) is 11.7 Å². The van der Waals surface area contributed by atoms with Crippen molar-refractivity contribution in [2.24, 2.45) is 9.98 Å². The standard InChI is InChI=1S/C16H17N3O4S/c1-24(21,22)7-6-17-9-12-3-5-15(23-12)11-2-4-14-13(8-11)16(20)19-10-18-14/h2-3,5,8,10,17H,4,6-7,9H2,1H3. The minimum Gasteiger partial charge on any atom is -0.460 e. The molecule has 1 aliphatic carbocycles. The van der Waals surface area contributed by atoms with Crippen LogP contribution in [0.4, 0.5) is 0 Å². The molecular weight excluding hydrogens is 330 g/mol. The van der Waals surface area contributed by atoms with Crippen molar-refractivity contribution in [2.45, 2.75) is 13.0 Å². The second kappa shape index (κ2) is 6.66. The molecule has 2 heterocycles. The number of hydrogen-bond acceptors (Lipinski definition) is 6. The van der Waals surface area contributed by atoms with Crippen molar-refractivity contribution < 1.29 is 17.6 Å². The van der Waals surface area contributed by atoms with Gasteiger partial charge >= 0.3 is 0 Å². The van der Waals surface area contributed by atoms with E-state index in [1.165, 1.54) is 12.6 Å². The number of sulfone groups is 1. The second-order valence-corrected chi connectivity index (χ2v) is 7.88. The number of rotatable bonds is 6. The topological polar surface area (TPSA) is 101 Å². The van der Waals surface area contributed by atoms with E-state index in [2.05, 4.69) is 15.3 Å². The zero-order valence-electron chi connectivity index (χ0n) is 13.2. The Morgan fingerprint density at radius 2 is 2.17 bits per heavy atom. The lowest BCUT2D eigenvalue weighted by molar-refractivity contribution is -0.113. The van der Waals surface area contributed by atoms with Crippen LogP contribution < -0.4 is 5.32 Å². The van der Waals surface area contributed by atoms with E-state index in [1.54, 1.807) is 6.08 Å². The Labute approximate surface area is 139 Å². The monoisotopic (exact) mass is 347 g/mol. The zero-order valence-corrected chi connectivity index (χ0v) is 14.0. The number of carbonyl (C=O) groups is 1. The van der Waals surface area contributed by atoms with Gasteiger partial charge in [0.2, 0.25) is 0 Å². The van der Waals surface area contributed by atoms with Gasteiger partial charge in [-0.25, -0.2) is 13.4 Å². The van der Waals surface area contributed by atoms with Gasteiger partial charge in [-0.3, -0.25) is 4.79 Å². The van der Waals surface area contributed by atoms with Gasteiger partial charge in [-0.05, 0) is 18.2 Å². The van der Waals surface area contributed by atoms with Gasteiger partial charge < -0.3 is 9.73 Å². The van der Waals surface area contributed by atoms with Gasteiger partial charge in [0, 0.05) is 24.8 Å². The number of carbonyl (C=O) groups excluding carboxylic acids is 1. The summed E-state index contributed by atoms with van der Waals surface area (Å²) in [5.41, 5.74) is 2.03. The average molecular weight is 347 g/mol. The third-order valence-electron chi connectivity index (χ3n) is 3.64. The summed E-state index contributed by atoms with van der Waals surface area (Å²) in [6.07, 6.45) is 6.73. The number of allylic oxidation sites excluding steroid dienone is 3. The molecule has 1 amide bonds. The van der Waals surface area contributed by atoms with E-state index < -0.39 is 9.84 Å². The molecule has 0 unspecified atom stereocenters. The van der Waals surface area contributed by atoms with Crippen LogP contribution >= 0.6 is 0 Å². The molecule has 0 radical (unpaired) electrons. The van der Waals surface area contributed by atoms with Gasteiger partial charge in [0.25, 0.3) is 5.91 Å². The maximum absolute atomic E-state index is 11.8. The number of furan rings is 1. The summed E-state index contributed by atoms with van der Waals surface area (Å²) in [6.45, 7) is 0.809. The van der Waals surface area contributed by atoms with Crippen molar-refractivity contribution in [3.63, 3.8) is 0 Å². The van der Waals surface area contributed by atoms with Crippen LogP contribution in [0.25, 0.3) is 5.57 Å². The van der Waals surface area contributed by atoms with E-state index in [9.17, 15) is 13.2 Å². The van der Waals surface area contributed by atoms with Crippen LogP contribution in [0.1, 0.15) is 17.9 Å². The zero-order chi connectivity index (χ0) is 17.2. The normalized spacial score (nSPS) is 17.2. The molecular formula is C16H17N3O4S. The largest absolute Gasteiger partial charge is 0.460 e. The second-order valence-electron chi connectivity index (χ2n) is 5.62. The third-order valence-corrected chi connectivity index (χ3v) is 4.59. The average Bonchev–Trinajstić information content (AvgIpc) is 3.00. The Bertz CT molecular complexity index is 888. The van der Waals surface area contributed by atoms with E-state index in [0.29, 0.717) is 42.3 Å². The molecule has 0 fully saturated rings. The number of amides is 1. The lowest BCUT2D eigenvalue weighted by Crippen LogP contribution is -2.21. The summed E-state index contributed by atoms with van der Waals surface area (Å²) in [5, 5.41) is 3.03. The van der Waals surface area contributed by atoms with E-state index in [0.717, 1.165) is 5.57 Å². The van der Waals surface area contributed by atoms with Gasteiger partial charge in [-0.15, -0.1) is 0 Å². The van der Waals surface area contributed by atoms with E-state index in [4.69, 9.17) is 4.42 Å². The molecule has 7 nitrogen and oxygen atoms in total. The Morgan fingerprint density at radius 3 is 2.96 bits per heavy atom. The Hall–Kier alpha value is -2.32. The van der Waals surface area contributed by atoms with Crippen LogP contribution in [0.15, 0.2) is 44.3 Å². The quantitative estimate of drug-likeness (QED) is 0.778. The lowest BCUT2D eigenvalue weighted by atomic mass is 9.95. The van der Waals surface area contributed by atoms with Crippen LogP contribution in [0, 0.1) is 0 Å². The molecule has 2 aliphatic rings. The van der Waals surface area contributed by atoms with E-state index >= 15 is 0 Å². The SMILES string of the molecule is CS(=O)(=O)CCNCc1ccc(C2=CCC3=NC=NC(=O)C3=C2)o1. The van der Waals surface area contributed by atoms with Gasteiger partial charge in [-0.1, -0.05) is 6.08 Å². The minimum atomic E-state index is -2.97. The fraction of sp³-hybridized carbons (Fsp3) is 0.312. The molecule has 24 heavy (non-hydrogen) atoms. The number of aliphatic imine (C=N–C) groups is 2. The molecule has 1 aromatic heterocycles. The summed E-state index contributed by atoms with van der Waals surface area (Å²) in [5.74, 6) is 1.15. The Morgan fingerprint density at radius 1 is 1.33 bits per heavy atom. The molecule has 3 rings (SSSR count). The first kappa shape index (κ1) is 16.5. The van der Waals surface area contributed by atoms with Gasteiger partial charge in [0.05, 0.1) is 23.6 Å². The van der Waals surface area contributed by atoms with Gasteiger partial charge in [-0.2, -0.15) is 4.99 Å². The third kappa shape index (κ3) is 3.95. The van der Waals surface area contributed by atoms with Gasteiger partial charge in [0.15, 0.2) is 0 Å². The summed E-state index contributed by atoms with van der Waals surface area (Å²) in [4.78, 5) is 19.6. The molecule has 126 valence electrons. The molecule has 0 saturated carbocycles. The maximum atomic E-state index is 11.8. The number of hydrogen-bond donors (Lipinski definition) is 1. The molecule has 0 atom stereocenters. The molecule has 8 heteroatoms. The fourth-order valence-corrected chi connectivity index (χ4v) is 2.93. The Kier molecular flexibility index (Phi) is 4.59. The molecule has 0 spiro atoms. The first-order valence-electron chi connectivity index (χ1n) is 7.46. The predicted molar refractivity (Wildman–Crippen MR) is 91.7 cm³/mol. The molecule has 0 bridgehead atoms. The number of nitrogens with zero attached hydrogens (tertiary/aromatic N) is 2. The van der Waals surface area contributed by atoms with E-state index in [1.807, 2.05) is 18.2 Å². The van der Waals surface area contributed by atoms with Crippen molar-refractivity contribution >= 4 is 33.4 Å². The summed E-state index contributed by atoms with van der Waals surface area (Å²) in [6, 6.07) is 3.65. The van der Waals surface area contributed by atoms with Crippen LogP contribution in [0.3, 0.4) is 0 Å². The van der Waals surface area contributed by atoms with Crippen LogP contribution in [0.5, 0.6) is 0 Å². The maximum Gasteiger partial charge on any atom is 0.280 e. The van der Waals surface area contributed by atoms with Crippen molar-refractivity contribution in [2.75, 3.05) is 18.6 Å². The van der Waals surface area contributed by atoms with Crippen molar-refractivity contribution in [1.82, 2.24) is 5.32 Å². The van der Waals surface area contributed by atoms with Crippen molar-refractivity contribution in [3.8, 4) is 0 Å². The summed E-state index contributed by atoms with van der Waals surface area (Å²) in [7, 11) is -2.97. The summed E-state index contributed by atoms with van der Waals surface area (Å²) >= 11 is 0. The summed E-state index contributed by atoms with van der Waals surface area (Å²) < 4.78 is 27.9. The van der Waals surface area contributed by atoms with Crippen LogP contribution in [-0.4, -0.2) is 44.9 Å².